The third kappa shape index (κ3) is 5.97. The number of cyclic esters (lactones) is 1. The summed E-state index contributed by atoms with van der Waals surface area (Å²) in [7, 11) is 0. The van der Waals surface area contributed by atoms with Crippen LogP contribution < -0.4 is 9.47 Å². The second kappa shape index (κ2) is 11.3. The Morgan fingerprint density at radius 1 is 1.08 bits per heavy atom. The second-order valence-electron chi connectivity index (χ2n) is 7.44. The van der Waals surface area contributed by atoms with Gasteiger partial charge in [-0.05, 0) is 89.2 Å². The highest BCUT2D eigenvalue weighted by Crippen LogP contribution is 2.36. The molecule has 0 unspecified atom stereocenters. The molecule has 36 heavy (non-hydrogen) atoms. The van der Waals surface area contributed by atoms with Gasteiger partial charge < -0.3 is 14.2 Å². The molecule has 11 heteroatoms. The number of hydrogen-bond donors (Lipinski definition) is 0. The first-order valence-corrected chi connectivity index (χ1v) is 12.4. The molecule has 3 aromatic rings. The summed E-state index contributed by atoms with van der Waals surface area (Å²) >= 11 is 14.1. The van der Waals surface area contributed by atoms with E-state index in [-0.39, 0.29) is 23.9 Å². The van der Waals surface area contributed by atoms with Gasteiger partial charge in [0.05, 0.1) is 25.1 Å². The molecule has 0 fully saturated rings. The molecule has 8 nitrogen and oxygen atoms in total. The molecule has 1 heterocycles. The summed E-state index contributed by atoms with van der Waals surface area (Å²) in [6, 6.07) is 14.5. The van der Waals surface area contributed by atoms with Gasteiger partial charge in [-0.25, -0.2) is 9.79 Å². The van der Waals surface area contributed by atoms with E-state index in [1.54, 1.807) is 42.5 Å². The highest BCUT2D eigenvalue weighted by Gasteiger charge is 2.25. The van der Waals surface area contributed by atoms with Crippen molar-refractivity contribution in [1.29, 1.82) is 0 Å². The van der Waals surface area contributed by atoms with Gasteiger partial charge >= 0.3 is 5.97 Å². The molecule has 0 aliphatic carbocycles. The number of halogens is 3. The van der Waals surface area contributed by atoms with E-state index in [9.17, 15) is 14.9 Å². The largest absolute Gasteiger partial charge is 0.490 e. The van der Waals surface area contributed by atoms with Gasteiger partial charge in [0.15, 0.2) is 17.2 Å². The first-order chi connectivity index (χ1) is 17.2. The Bertz CT molecular complexity index is 1410. The van der Waals surface area contributed by atoms with E-state index < -0.39 is 10.9 Å². The van der Waals surface area contributed by atoms with Crippen LogP contribution in [0.3, 0.4) is 0 Å². The Labute approximate surface area is 229 Å². The van der Waals surface area contributed by atoms with Crippen molar-refractivity contribution >= 4 is 69.4 Å². The molecule has 0 aromatic heterocycles. The Hall–Kier alpha value is -3.15. The van der Waals surface area contributed by atoms with Gasteiger partial charge in [0.25, 0.3) is 5.69 Å². The average molecular weight is 639 g/mol. The average Bonchev–Trinajstić information content (AvgIpc) is 3.20. The zero-order valence-corrected chi connectivity index (χ0v) is 22.3. The van der Waals surface area contributed by atoms with Crippen molar-refractivity contribution in [1.82, 2.24) is 0 Å². The maximum atomic E-state index is 12.4. The first-order valence-electron chi connectivity index (χ1n) is 10.6. The van der Waals surface area contributed by atoms with Crippen LogP contribution in [0.5, 0.6) is 11.5 Å². The molecule has 4 rings (SSSR count). The lowest BCUT2D eigenvalue weighted by molar-refractivity contribution is -0.384. The minimum Gasteiger partial charge on any atom is -0.490 e. The lowest BCUT2D eigenvalue weighted by Gasteiger charge is -2.15. The number of nitro groups is 1. The molecule has 0 saturated heterocycles. The predicted octanol–water partition coefficient (Wildman–Crippen LogP) is 6.83. The van der Waals surface area contributed by atoms with Crippen LogP contribution in [0, 0.1) is 13.7 Å². The lowest BCUT2D eigenvalue weighted by Crippen LogP contribution is -2.05. The fourth-order valence-corrected chi connectivity index (χ4v) is 4.34. The normalized spacial score (nSPS) is 13.9. The van der Waals surface area contributed by atoms with Gasteiger partial charge in [0.1, 0.15) is 6.61 Å². The highest BCUT2D eigenvalue weighted by molar-refractivity contribution is 14.1. The van der Waals surface area contributed by atoms with Gasteiger partial charge in [0, 0.05) is 17.7 Å². The highest BCUT2D eigenvalue weighted by atomic mass is 127. The molecule has 3 aromatic carbocycles. The van der Waals surface area contributed by atoms with Crippen LogP contribution in [-0.4, -0.2) is 23.4 Å². The molecular formula is C25H17Cl2IN2O6. The first kappa shape index (κ1) is 25.9. The van der Waals surface area contributed by atoms with Crippen LogP contribution in [0.25, 0.3) is 6.08 Å². The van der Waals surface area contributed by atoms with Gasteiger partial charge in [-0.1, -0.05) is 23.2 Å². The summed E-state index contributed by atoms with van der Waals surface area (Å²) in [4.78, 5) is 27.1. The Morgan fingerprint density at radius 3 is 2.50 bits per heavy atom. The molecule has 184 valence electrons. The van der Waals surface area contributed by atoms with Crippen molar-refractivity contribution in [3.63, 3.8) is 0 Å². The lowest BCUT2D eigenvalue weighted by atomic mass is 10.1. The number of ether oxygens (including phenoxy) is 3. The maximum Gasteiger partial charge on any atom is 0.363 e. The number of aliphatic imine (C=N–C) groups is 1. The summed E-state index contributed by atoms with van der Waals surface area (Å²) in [6.07, 6.45) is 1.59. The van der Waals surface area contributed by atoms with E-state index in [1.807, 2.05) is 13.0 Å². The minimum atomic E-state index is -0.595. The van der Waals surface area contributed by atoms with Crippen molar-refractivity contribution in [3.05, 3.63) is 101 Å². The van der Waals surface area contributed by atoms with Crippen molar-refractivity contribution in [2.24, 2.45) is 4.99 Å². The molecule has 1 aliphatic heterocycles. The number of non-ortho nitro benzene ring substituents is 1. The van der Waals surface area contributed by atoms with E-state index in [0.717, 1.165) is 9.13 Å². The van der Waals surface area contributed by atoms with Gasteiger partial charge in [-0.15, -0.1) is 0 Å². The van der Waals surface area contributed by atoms with Crippen molar-refractivity contribution in [3.8, 4) is 11.5 Å². The number of hydrogen-bond acceptors (Lipinski definition) is 7. The SMILES string of the molecule is CCOc1cc(/C=C2\N=C(c3ccc(Cl)c(Cl)c3)OC2=O)cc(I)c1OCc1ccc([N+](=O)[O-])cc1. The second-order valence-corrected chi connectivity index (χ2v) is 9.42. The monoisotopic (exact) mass is 638 g/mol. The van der Waals surface area contributed by atoms with Gasteiger partial charge in [0.2, 0.25) is 5.90 Å². The number of rotatable bonds is 8. The molecular weight excluding hydrogens is 622 g/mol. The Balaban J connectivity index is 1.58. The topological polar surface area (TPSA) is 100 Å². The summed E-state index contributed by atoms with van der Waals surface area (Å²) in [5, 5.41) is 11.6. The Kier molecular flexibility index (Phi) is 8.12. The molecule has 0 radical (unpaired) electrons. The number of carbonyl (C=O) groups excluding carboxylic acids is 1. The number of esters is 1. The summed E-state index contributed by atoms with van der Waals surface area (Å²) in [5.41, 5.74) is 2.09. The minimum absolute atomic E-state index is 0.0103. The fourth-order valence-electron chi connectivity index (χ4n) is 3.26. The number of benzene rings is 3. The predicted molar refractivity (Wildman–Crippen MR) is 145 cm³/mol. The molecule has 0 N–H and O–H groups in total. The molecule has 1 aliphatic rings. The molecule has 0 atom stereocenters. The van der Waals surface area contributed by atoms with Crippen LogP contribution in [0.1, 0.15) is 23.6 Å². The van der Waals surface area contributed by atoms with E-state index >= 15 is 0 Å². The molecule has 0 bridgehead atoms. The molecule has 0 saturated carbocycles. The third-order valence-electron chi connectivity index (χ3n) is 4.95. The van der Waals surface area contributed by atoms with Crippen LogP contribution in [0.2, 0.25) is 10.0 Å². The quantitative estimate of drug-likeness (QED) is 0.0882. The van der Waals surface area contributed by atoms with Crippen LogP contribution in [0.4, 0.5) is 5.69 Å². The van der Waals surface area contributed by atoms with Crippen LogP contribution in [0.15, 0.2) is 65.3 Å². The van der Waals surface area contributed by atoms with E-state index in [0.29, 0.717) is 39.3 Å². The van der Waals surface area contributed by atoms with E-state index in [1.165, 1.54) is 12.1 Å². The maximum absolute atomic E-state index is 12.4. The summed E-state index contributed by atoms with van der Waals surface area (Å²) in [6.45, 7) is 2.43. The zero-order valence-electron chi connectivity index (χ0n) is 18.7. The number of carbonyl (C=O) groups is 1. The smallest absolute Gasteiger partial charge is 0.363 e. The van der Waals surface area contributed by atoms with Crippen LogP contribution in [-0.2, 0) is 16.1 Å². The van der Waals surface area contributed by atoms with Gasteiger partial charge in [-0.2, -0.15) is 0 Å². The third-order valence-corrected chi connectivity index (χ3v) is 6.49. The van der Waals surface area contributed by atoms with Crippen LogP contribution >= 0.6 is 45.8 Å². The van der Waals surface area contributed by atoms with Crippen molar-refractivity contribution in [2.75, 3.05) is 6.61 Å². The number of nitro benzene ring substituents is 1. The summed E-state index contributed by atoms with van der Waals surface area (Å²) < 4.78 is 17.8. The Morgan fingerprint density at radius 2 is 1.83 bits per heavy atom. The van der Waals surface area contributed by atoms with Crippen molar-refractivity contribution < 1.29 is 23.9 Å². The van der Waals surface area contributed by atoms with E-state index in [2.05, 4.69) is 27.6 Å². The fraction of sp³-hybridized carbons (Fsp3) is 0.120. The molecule has 0 amide bonds. The number of nitrogens with zero attached hydrogens (tertiary/aromatic N) is 2. The van der Waals surface area contributed by atoms with E-state index in [4.69, 9.17) is 37.4 Å². The molecule has 0 spiro atoms. The summed E-state index contributed by atoms with van der Waals surface area (Å²) in [5.74, 6) is 0.542. The van der Waals surface area contributed by atoms with Gasteiger partial charge in [-0.3, -0.25) is 10.1 Å². The standard InChI is InChI=1S/C25H17Cl2IN2O6/c1-2-34-22-11-15(9-20(28)23(22)35-13-14-3-6-17(7-4-14)30(32)33)10-21-25(31)36-24(29-21)16-5-8-18(26)19(27)12-16/h3-12H,2,13H2,1H3/b21-10-. The zero-order chi connectivity index (χ0) is 25.8. The van der Waals surface area contributed by atoms with Crippen molar-refractivity contribution in [2.45, 2.75) is 13.5 Å².